The second-order valence-corrected chi connectivity index (χ2v) is 4.92. The van der Waals surface area contributed by atoms with Gasteiger partial charge >= 0.3 is 0 Å². The molecule has 1 N–H and O–H groups in total. The predicted molar refractivity (Wildman–Crippen MR) is 71.9 cm³/mol. The van der Waals surface area contributed by atoms with Gasteiger partial charge in [0, 0.05) is 5.56 Å². The van der Waals surface area contributed by atoms with E-state index < -0.39 is 0 Å². The number of fused-ring (bicyclic) bond motifs is 1. The minimum atomic E-state index is 0.322. The Morgan fingerprint density at radius 1 is 1.17 bits per heavy atom. The summed E-state index contributed by atoms with van der Waals surface area (Å²) in [7, 11) is 0. The molecule has 0 bridgehead atoms. The van der Waals surface area contributed by atoms with E-state index in [0.29, 0.717) is 16.6 Å². The molecular weight excluding hydrogens is 248 g/mol. The van der Waals surface area contributed by atoms with Gasteiger partial charge in [0.05, 0.1) is 5.69 Å². The van der Waals surface area contributed by atoms with Crippen LogP contribution in [0.2, 0.25) is 5.02 Å². The lowest BCUT2D eigenvalue weighted by Gasteiger charge is -2.01. The van der Waals surface area contributed by atoms with E-state index in [1.165, 1.54) is 0 Å². The van der Waals surface area contributed by atoms with Crippen molar-refractivity contribution < 1.29 is 0 Å². The van der Waals surface area contributed by atoms with Crippen LogP contribution in [0.3, 0.4) is 0 Å². The first kappa shape index (κ1) is 11.3. The first-order valence-electron chi connectivity index (χ1n) is 5.86. The van der Waals surface area contributed by atoms with Crippen LogP contribution in [0, 0.1) is 0 Å². The normalized spacial score (nSPS) is 11.6. The summed E-state index contributed by atoms with van der Waals surface area (Å²) in [5.41, 5.74) is 2.68. The Bertz CT molecular complexity index is 682. The molecule has 3 aromatic rings. The van der Waals surface area contributed by atoms with E-state index in [2.05, 4.69) is 29.1 Å². The number of rotatable bonds is 2. The molecule has 0 amide bonds. The molecule has 92 valence electrons. The third-order valence-corrected chi connectivity index (χ3v) is 3.31. The van der Waals surface area contributed by atoms with Crippen LogP contribution in [-0.4, -0.2) is 19.8 Å². The summed E-state index contributed by atoms with van der Waals surface area (Å²) < 4.78 is 1.84. The fourth-order valence-corrected chi connectivity index (χ4v) is 2.36. The van der Waals surface area contributed by atoms with Gasteiger partial charge in [-0.25, -0.2) is 4.52 Å². The predicted octanol–water partition coefficient (Wildman–Crippen LogP) is 3.50. The van der Waals surface area contributed by atoms with E-state index in [1.54, 1.807) is 0 Å². The van der Waals surface area contributed by atoms with Crippen molar-refractivity contribution in [2.45, 2.75) is 19.8 Å². The van der Waals surface area contributed by atoms with E-state index in [9.17, 15) is 0 Å². The zero-order valence-electron chi connectivity index (χ0n) is 10.2. The maximum Gasteiger partial charge on any atom is 0.196 e. The van der Waals surface area contributed by atoms with Crippen molar-refractivity contribution in [3.05, 3.63) is 41.0 Å². The van der Waals surface area contributed by atoms with Gasteiger partial charge < -0.3 is 0 Å². The summed E-state index contributed by atoms with van der Waals surface area (Å²) in [4.78, 5) is 0. The molecule has 0 spiro atoms. The quantitative estimate of drug-likeness (QED) is 0.766. The fraction of sp³-hybridized carbons (Fsp3) is 0.231. The van der Waals surface area contributed by atoms with Crippen LogP contribution in [0.1, 0.15) is 25.5 Å². The lowest BCUT2D eigenvalue weighted by atomic mass is 10.1. The zero-order chi connectivity index (χ0) is 12.7. The highest BCUT2D eigenvalue weighted by atomic mass is 35.5. The molecule has 0 saturated heterocycles. The Kier molecular flexibility index (Phi) is 2.59. The van der Waals surface area contributed by atoms with Crippen molar-refractivity contribution in [3.8, 4) is 11.4 Å². The Morgan fingerprint density at radius 3 is 2.56 bits per heavy atom. The highest BCUT2D eigenvalue weighted by Crippen LogP contribution is 2.29. The summed E-state index contributed by atoms with van der Waals surface area (Å²) >= 11 is 6.30. The molecule has 0 unspecified atom stereocenters. The zero-order valence-corrected chi connectivity index (χ0v) is 10.9. The van der Waals surface area contributed by atoms with Crippen LogP contribution in [0.5, 0.6) is 0 Å². The molecule has 5 heteroatoms. The summed E-state index contributed by atoms with van der Waals surface area (Å²) in [6, 6.07) is 9.93. The molecule has 0 saturated carbocycles. The van der Waals surface area contributed by atoms with Crippen LogP contribution >= 0.6 is 11.6 Å². The molecular formula is C13H13ClN4. The largest absolute Gasteiger partial charge is 0.293 e. The summed E-state index contributed by atoms with van der Waals surface area (Å²) in [6.07, 6.45) is 0. The maximum absolute atomic E-state index is 6.30. The molecule has 1 aromatic carbocycles. The number of aromatic amines is 1. The average Bonchev–Trinajstić information content (AvgIpc) is 2.91. The first-order valence-corrected chi connectivity index (χ1v) is 6.24. The number of halogens is 1. The van der Waals surface area contributed by atoms with Gasteiger partial charge in [-0.1, -0.05) is 55.8 Å². The van der Waals surface area contributed by atoms with Crippen LogP contribution in [-0.2, 0) is 0 Å². The van der Waals surface area contributed by atoms with Gasteiger partial charge in [-0.15, -0.1) is 10.2 Å². The van der Waals surface area contributed by atoms with Crippen molar-refractivity contribution in [3.63, 3.8) is 0 Å². The minimum absolute atomic E-state index is 0.322. The molecule has 0 aliphatic carbocycles. The Balaban J connectivity index is 2.24. The molecule has 0 fully saturated rings. The van der Waals surface area contributed by atoms with E-state index in [4.69, 9.17) is 11.6 Å². The highest BCUT2D eigenvalue weighted by Gasteiger charge is 2.18. The summed E-state index contributed by atoms with van der Waals surface area (Å²) in [5, 5.41) is 12.3. The summed E-state index contributed by atoms with van der Waals surface area (Å²) in [6.45, 7) is 4.18. The van der Waals surface area contributed by atoms with Gasteiger partial charge in [-0.3, -0.25) is 5.10 Å². The minimum Gasteiger partial charge on any atom is -0.293 e. The molecule has 0 radical (unpaired) electrons. The number of H-pyrrole nitrogens is 1. The summed E-state index contributed by atoms with van der Waals surface area (Å²) in [5.74, 6) is 1.10. The number of hydrogen-bond acceptors (Lipinski definition) is 2. The molecule has 0 aliphatic rings. The Hall–Kier alpha value is -1.81. The smallest absolute Gasteiger partial charge is 0.196 e. The second-order valence-electron chi connectivity index (χ2n) is 4.54. The Labute approximate surface area is 110 Å². The van der Waals surface area contributed by atoms with E-state index in [-0.39, 0.29) is 0 Å². The van der Waals surface area contributed by atoms with Crippen molar-refractivity contribution in [2.75, 3.05) is 0 Å². The lowest BCUT2D eigenvalue weighted by Crippen LogP contribution is -1.94. The lowest BCUT2D eigenvalue weighted by molar-refractivity contribution is 0.789. The number of benzene rings is 1. The monoisotopic (exact) mass is 260 g/mol. The van der Waals surface area contributed by atoms with Crippen LogP contribution < -0.4 is 0 Å². The molecule has 3 rings (SSSR count). The molecule has 0 atom stereocenters. The van der Waals surface area contributed by atoms with Crippen molar-refractivity contribution in [1.82, 2.24) is 19.8 Å². The van der Waals surface area contributed by atoms with Gasteiger partial charge in [-0.2, -0.15) is 0 Å². The third-order valence-electron chi connectivity index (χ3n) is 2.94. The number of aromatic nitrogens is 4. The molecule has 4 nitrogen and oxygen atoms in total. The van der Waals surface area contributed by atoms with E-state index in [0.717, 1.165) is 17.1 Å². The number of nitrogens with zero attached hydrogens (tertiary/aromatic N) is 3. The van der Waals surface area contributed by atoms with Crippen molar-refractivity contribution in [1.29, 1.82) is 0 Å². The molecule has 2 heterocycles. The number of nitrogens with one attached hydrogen (secondary N) is 1. The van der Waals surface area contributed by atoms with Gasteiger partial charge in [0.15, 0.2) is 11.5 Å². The SMILES string of the molecule is CC(C)c1[nH]n2c(-c3ccccc3)nnc2c1Cl. The van der Waals surface area contributed by atoms with Crippen molar-refractivity contribution >= 4 is 17.2 Å². The van der Waals surface area contributed by atoms with Gasteiger partial charge in [-0.05, 0) is 5.92 Å². The van der Waals surface area contributed by atoms with Gasteiger partial charge in [0.1, 0.15) is 5.02 Å². The molecule has 0 aliphatic heterocycles. The fourth-order valence-electron chi connectivity index (χ4n) is 1.98. The maximum atomic E-state index is 6.30. The topological polar surface area (TPSA) is 46.0 Å². The van der Waals surface area contributed by atoms with Crippen molar-refractivity contribution in [2.24, 2.45) is 0 Å². The van der Waals surface area contributed by atoms with Crippen LogP contribution in [0.4, 0.5) is 0 Å². The molecule has 2 aromatic heterocycles. The Morgan fingerprint density at radius 2 is 1.89 bits per heavy atom. The second kappa shape index (κ2) is 4.14. The average molecular weight is 261 g/mol. The number of hydrogen-bond donors (Lipinski definition) is 1. The third kappa shape index (κ3) is 1.61. The van der Waals surface area contributed by atoms with Gasteiger partial charge in [0.25, 0.3) is 0 Å². The van der Waals surface area contributed by atoms with E-state index in [1.807, 2.05) is 34.8 Å². The highest BCUT2D eigenvalue weighted by molar-refractivity contribution is 6.34. The van der Waals surface area contributed by atoms with Crippen LogP contribution in [0.15, 0.2) is 30.3 Å². The standard InChI is InChI=1S/C13H13ClN4/c1-8(2)11-10(14)13-16-15-12(18(13)17-11)9-6-4-3-5-7-9/h3-8,17H,1-2H3. The van der Waals surface area contributed by atoms with E-state index >= 15 is 0 Å². The molecule has 18 heavy (non-hydrogen) atoms. The van der Waals surface area contributed by atoms with Gasteiger partial charge in [0.2, 0.25) is 0 Å². The van der Waals surface area contributed by atoms with Crippen LogP contribution in [0.25, 0.3) is 17.0 Å². The first-order chi connectivity index (χ1) is 8.68.